The molecule has 0 aliphatic heterocycles. The van der Waals surface area contributed by atoms with Crippen molar-refractivity contribution in [3.8, 4) is 17.1 Å². The zero-order valence-electron chi connectivity index (χ0n) is 17.8. The number of hydrogen-bond donors (Lipinski definition) is 3. The predicted molar refractivity (Wildman–Crippen MR) is 116 cm³/mol. The van der Waals surface area contributed by atoms with Crippen LogP contribution in [0.4, 0.5) is 30.6 Å². The average molecular weight is 447 g/mol. The molecule has 0 unspecified atom stereocenters. The van der Waals surface area contributed by atoms with E-state index in [1.807, 2.05) is 13.8 Å². The molecule has 170 valence electrons. The first-order valence-electron chi connectivity index (χ1n) is 9.91. The van der Waals surface area contributed by atoms with Crippen LogP contribution in [-0.2, 0) is 6.18 Å². The Morgan fingerprint density at radius 2 is 1.84 bits per heavy atom. The fourth-order valence-corrected chi connectivity index (χ4v) is 2.97. The first-order chi connectivity index (χ1) is 15.2. The second-order valence-electron chi connectivity index (χ2n) is 7.39. The van der Waals surface area contributed by atoms with E-state index in [4.69, 9.17) is 4.74 Å². The first-order valence-corrected chi connectivity index (χ1v) is 9.91. The molecular weight excluding hydrogens is 423 g/mol. The maximum absolute atomic E-state index is 13.4. The highest BCUT2D eigenvalue weighted by molar-refractivity contribution is 5.66. The second-order valence-corrected chi connectivity index (χ2v) is 7.39. The van der Waals surface area contributed by atoms with Gasteiger partial charge in [-0.15, -0.1) is 0 Å². The molecule has 0 aliphatic carbocycles. The van der Waals surface area contributed by atoms with Crippen molar-refractivity contribution in [2.24, 2.45) is 5.92 Å². The van der Waals surface area contributed by atoms with Gasteiger partial charge >= 0.3 is 6.18 Å². The van der Waals surface area contributed by atoms with Crippen LogP contribution in [0.2, 0.25) is 0 Å². The molecular formula is C22H24F3N5O2. The zero-order valence-corrected chi connectivity index (χ0v) is 17.8. The fourth-order valence-electron chi connectivity index (χ4n) is 2.97. The van der Waals surface area contributed by atoms with E-state index in [2.05, 4.69) is 25.6 Å². The van der Waals surface area contributed by atoms with Crippen LogP contribution in [0, 0.1) is 5.92 Å². The van der Waals surface area contributed by atoms with Crippen LogP contribution >= 0.6 is 0 Å². The minimum absolute atomic E-state index is 0.0921. The summed E-state index contributed by atoms with van der Waals surface area (Å²) in [5.41, 5.74) is 0.312. The molecule has 3 aromatic rings. The smallest absolute Gasteiger partial charge is 0.420 e. The summed E-state index contributed by atoms with van der Waals surface area (Å²) < 4.78 is 45.0. The van der Waals surface area contributed by atoms with Crippen LogP contribution in [0.15, 0.2) is 48.7 Å². The molecule has 1 atom stereocenters. The van der Waals surface area contributed by atoms with Gasteiger partial charge in [0.2, 0.25) is 5.95 Å². The number of aromatic nitrogens is 3. The number of alkyl halides is 3. The van der Waals surface area contributed by atoms with Gasteiger partial charge in [0.25, 0.3) is 0 Å². The molecule has 3 rings (SSSR count). The molecule has 10 heteroatoms. The van der Waals surface area contributed by atoms with E-state index in [0.29, 0.717) is 11.4 Å². The van der Waals surface area contributed by atoms with Crippen molar-refractivity contribution in [2.45, 2.75) is 26.1 Å². The van der Waals surface area contributed by atoms with Gasteiger partial charge in [0.1, 0.15) is 11.6 Å². The topological polar surface area (TPSA) is 92.2 Å². The highest BCUT2D eigenvalue weighted by Crippen LogP contribution is 2.38. The number of aliphatic hydroxyl groups excluding tert-OH is 1. The number of rotatable bonds is 8. The molecule has 1 aromatic carbocycles. The molecule has 0 saturated heterocycles. The summed E-state index contributed by atoms with van der Waals surface area (Å²) in [5, 5.41) is 15.6. The quantitative estimate of drug-likeness (QED) is 0.459. The molecule has 0 spiro atoms. The Bertz CT molecular complexity index is 1050. The van der Waals surface area contributed by atoms with Crippen LogP contribution in [-0.4, -0.2) is 39.8 Å². The third-order valence-corrected chi connectivity index (χ3v) is 4.75. The predicted octanol–water partition coefficient (Wildman–Crippen LogP) is 4.74. The Morgan fingerprint density at radius 3 is 2.44 bits per heavy atom. The number of methoxy groups -OCH3 is 1. The van der Waals surface area contributed by atoms with Gasteiger partial charge in [0.05, 0.1) is 36.7 Å². The third-order valence-electron chi connectivity index (χ3n) is 4.75. The third kappa shape index (κ3) is 5.64. The lowest BCUT2D eigenvalue weighted by Gasteiger charge is -2.21. The largest absolute Gasteiger partial charge is 0.496 e. The Labute approximate surface area is 183 Å². The van der Waals surface area contributed by atoms with Gasteiger partial charge in [-0.05, 0) is 36.2 Å². The molecule has 0 aliphatic rings. The summed E-state index contributed by atoms with van der Waals surface area (Å²) >= 11 is 0. The Kier molecular flexibility index (Phi) is 7.14. The average Bonchev–Trinajstić information content (AvgIpc) is 2.77. The van der Waals surface area contributed by atoms with Gasteiger partial charge in [-0.2, -0.15) is 18.2 Å². The van der Waals surface area contributed by atoms with Crippen molar-refractivity contribution in [1.29, 1.82) is 0 Å². The number of ether oxygens (including phenoxy) is 1. The standard InChI is InChI=1S/C22H24F3N5O2/c1-13(2)18(12-31)29-21-28-17(16-6-4-5-9-26-16)11-20(30-21)27-14-7-8-19(32-3)15(10-14)22(23,24)25/h4-11,13,18,31H,12H2,1-3H3,(H2,27,28,29,30)/t18-/m1/s1. The van der Waals surface area contributed by atoms with Crippen LogP contribution in [0.25, 0.3) is 11.4 Å². The lowest BCUT2D eigenvalue weighted by molar-refractivity contribution is -0.138. The van der Waals surface area contributed by atoms with E-state index in [1.165, 1.54) is 19.2 Å². The molecule has 0 saturated carbocycles. The summed E-state index contributed by atoms with van der Waals surface area (Å²) in [6.45, 7) is 3.74. The van der Waals surface area contributed by atoms with Crippen molar-refractivity contribution >= 4 is 17.5 Å². The normalized spacial score (nSPS) is 12.5. The molecule has 2 aromatic heterocycles. The molecule has 0 fully saturated rings. The number of benzene rings is 1. The maximum atomic E-state index is 13.4. The molecule has 32 heavy (non-hydrogen) atoms. The lowest BCUT2D eigenvalue weighted by atomic mass is 10.1. The minimum atomic E-state index is -4.58. The highest BCUT2D eigenvalue weighted by atomic mass is 19.4. The molecule has 2 heterocycles. The van der Waals surface area contributed by atoms with E-state index >= 15 is 0 Å². The maximum Gasteiger partial charge on any atom is 0.420 e. The van der Waals surface area contributed by atoms with Gasteiger partial charge < -0.3 is 20.5 Å². The number of nitrogens with zero attached hydrogens (tertiary/aromatic N) is 3. The van der Waals surface area contributed by atoms with Gasteiger partial charge in [0.15, 0.2) is 0 Å². The van der Waals surface area contributed by atoms with E-state index in [1.54, 1.807) is 30.5 Å². The SMILES string of the molecule is COc1ccc(Nc2cc(-c3ccccn3)nc(N[C@H](CO)C(C)C)n2)cc1C(F)(F)F. The molecule has 0 amide bonds. The first kappa shape index (κ1) is 23.3. The summed E-state index contributed by atoms with van der Waals surface area (Å²) in [6, 6.07) is 10.3. The Hall–Kier alpha value is -3.40. The molecule has 0 radical (unpaired) electrons. The minimum Gasteiger partial charge on any atom is -0.496 e. The molecule has 0 bridgehead atoms. The zero-order chi connectivity index (χ0) is 23.3. The Morgan fingerprint density at radius 1 is 1.06 bits per heavy atom. The second kappa shape index (κ2) is 9.82. The number of aliphatic hydroxyl groups is 1. The summed E-state index contributed by atoms with van der Waals surface area (Å²) in [7, 11) is 1.19. The number of hydrogen-bond acceptors (Lipinski definition) is 7. The number of nitrogens with one attached hydrogen (secondary N) is 2. The van der Waals surface area contributed by atoms with Crippen molar-refractivity contribution in [1.82, 2.24) is 15.0 Å². The molecule has 3 N–H and O–H groups in total. The van der Waals surface area contributed by atoms with E-state index in [-0.39, 0.29) is 41.8 Å². The van der Waals surface area contributed by atoms with Crippen LogP contribution in [0.5, 0.6) is 5.75 Å². The van der Waals surface area contributed by atoms with Crippen molar-refractivity contribution in [3.05, 3.63) is 54.2 Å². The number of pyridine rings is 1. The van der Waals surface area contributed by atoms with Gasteiger partial charge in [-0.3, -0.25) is 4.98 Å². The summed E-state index contributed by atoms with van der Waals surface area (Å²) in [4.78, 5) is 13.1. The van der Waals surface area contributed by atoms with Gasteiger partial charge in [-0.25, -0.2) is 4.98 Å². The van der Waals surface area contributed by atoms with Crippen molar-refractivity contribution in [3.63, 3.8) is 0 Å². The summed E-state index contributed by atoms with van der Waals surface area (Å²) in [5.74, 6) is 0.300. The molecule has 7 nitrogen and oxygen atoms in total. The van der Waals surface area contributed by atoms with Crippen molar-refractivity contribution in [2.75, 3.05) is 24.4 Å². The lowest BCUT2D eigenvalue weighted by Crippen LogP contribution is -2.30. The van der Waals surface area contributed by atoms with Gasteiger partial charge in [0, 0.05) is 18.0 Å². The number of anilines is 3. The summed E-state index contributed by atoms with van der Waals surface area (Å²) in [6.07, 6.45) is -2.96. The van der Waals surface area contributed by atoms with Crippen LogP contribution < -0.4 is 15.4 Å². The van der Waals surface area contributed by atoms with E-state index in [9.17, 15) is 18.3 Å². The number of halogens is 3. The van der Waals surface area contributed by atoms with Crippen LogP contribution in [0.3, 0.4) is 0 Å². The Balaban J connectivity index is 2.01. The fraction of sp³-hybridized carbons (Fsp3) is 0.318. The highest BCUT2D eigenvalue weighted by Gasteiger charge is 2.34. The van der Waals surface area contributed by atoms with E-state index < -0.39 is 11.7 Å². The van der Waals surface area contributed by atoms with Gasteiger partial charge in [-0.1, -0.05) is 19.9 Å². The monoisotopic (exact) mass is 447 g/mol. The van der Waals surface area contributed by atoms with Crippen molar-refractivity contribution < 1.29 is 23.0 Å². The van der Waals surface area contributed by atoms with E-state index in [0.717, 1.165) is 6.07 Å². The van der Waals surface area contributed by atoms with Crippen LogP contribution in [0.1, 0.15) is 19.4 Å².